The molecule has 5 aliphatic rings. The lowest BCUT2D eigenvalue weighted by molar-refractivity contribution is -0.138. The smallest absolute Gasteiger partial charge is 0.257 e. The number of hydrogen-bond donors (Lipinski definition) is 2. The molecule has 2 aliphatic carbocycles. The standard InChI is InChI=1S/C35H55ClN6O6S2/c1-20-16-26(32-31(37-20)28(19-49-32)33(43)39-50(5,46)47)25-17-23(36)6-9-30(25)48-15-14-42-21(2)38-29-8-7-24(18-27(29)35(42)45)41(4)34(44)22-10-12-40(3)13-11-22/h20,22-26,28,30-32,37H,6-19H2,1-5H3,(H,39,43). The summed E-state index contributed by atoms with van der Waals surface area (Å²) in [7, 11) is 0.353. The number of likely N-dealkylation sites (N-methyl/N-ethyl adjacent to an activating group) is 1. The molecule has 4 heterocycles. The minimum Gasteiger partial charge on any atom is -0.376 e. The summed E-state index contributed by atoms with van der Waals surface area (Å²) in [6.45, 7) is 6.64. The Bertz CT molecular complexity index is 1590. The molecule has 1 aromatic rings. The predicted octanol–water partition coefficient (Wildman–Crippen LogP) is 2.18. The fraction of sp³-hybridized carbons (Fsp3) is 0.829. The number of hydrogen-bond acceptors (Lipinski definition) is 10. The van der Waals surface area contributed by atoms with Gasteiger partial charge in [0.15, 0.2) is 0 Å². The monoisotopic (exact) mass is 754 g/mol. The molecule has 0 radical (unpaired) electrons. The van der Waals surface area contributed by atoms with Gasteiger partial charge in [-0.05, 0) is 97.2 Å². The van der Waals surface area contributed by atoms with E-state index in [-0.39, 0.29) is 64.1 Å². The molecule has 15 heteroatoms. The lowest BCUT2D eigenvalue weighted by Gasteiger charge is -2.47. The van der Waals surface area contributed by atoms with E-state index in [9.17, 15) is 22.8 Å². The molecule has 50 heavy (non-hydrogen) atoms. The molecule has 9 atom stereocenters. The average molecular weight is 755 g/mol. The lowest BCUT2D eigenvalue weighted by Crippen LogP contribution is -2.58. The van der Waals surface area contributed by atoms with Gasteiger partial charge in [0.05, 0.1) is 37.1 Å². The first kappa shape index (κ1) is 38.0. The number of alkyl halides is 1. The third-order valence-corrected chi connectivity index (χ3v) is 14.6. The Hall–Kier alpha value is -1.71. The molecule has 1 saturated carbocycles. The summed E-state index contributed by atoms with van der Waals surface area (Å²) in [5, 5.41) is 3.80. The maximum atomic E-state index is 13.9. The number of ether oxygens (including phenoxy) is 1. The molecule has 6 rings (SSSR count). The van der Waals surface area contributed by atoms with Crippen molar-refractivity contribution in [1.82, 2.24) is 29.4 Å². The number of halogens is 1. The summed E-state index contributed by atoms with van der Waals surface area (Å²) >= 11 is 8.53. The van der Waals surface area contributed by atoms with Gasteiger partial charge >= 0.3 is 0 Å². The molecule has 3 saturated heterocycles. The number of carbonyl (C=O) groups is 2. The van der Waals surface area contributed by atoms with Crippen LogP contribution >= 0.6 is 23.4 Å². The van der Waals surface area contributed by atoms with E-state index in [2.05, 4.69) is 28.9 Å². The van der Waals surface area contributed by atoms with Gasteiger partial charge in [-0.2, -0.15) is 11.8 Å². The van der Waals surface area contributed by atoms with Crippen LogP contribution in [-0.4, -0.2) is 120 Å². The van der Waals surface area contributed by atoms with Crippen LogP contribution in [0.25, 0.3) is 0 Å². The fourth-order valence-corrected chi connectivity index (χ4v) is 12.0. The summed E-state index contributed by atoms with van der Waals surface area (Å²) < 4.78 is 34.2. The summed E-state index contributed by atoms with van der Waals surface area (Å²) in [6, 6.07) is 0.0251. The SMILES string of the molecule is Cc1nc2c(c(=O)n1CCOC1CCC(Cl)CC1C1CC(C)NC3C(C(=O)NS(C)(=O)=O)CSC13)CC(N(C)C(=O)C1CCN(C)CC1)CC2. The molecule has 3 aliphatic heterocycles. The lowest BCUT2D eigenvalue weighted by atomic mass is 9.70. The molecular formula is C35H55ClN6O6S2. The first-order valence-electron chi connectivity index (χ1n) is 18.4. The Morgan fingerprint density at radius 2 is 1.88 bits per heavy atom. The molecule has 280 valence electrons. The molecular weight excluding hydrogens is 700 g/mol. The number of fused-ring (bicyclic) bond motifs is 2. The van der Waals surface area contributed by atoms with Crippen LogP contribution in [-0.2, 0) is 43.7 Å². The second-order valence-electron chi connectivity index (χ2n) is 15.6. The van der Waals surface area contributed by atoms with Crippen LogP contribution in [0.3, 0.4) is 0 Å². The highest BCUT2D eigenvalue weighted by Gasteiger charge is 2.52. The molecule has 0 aromatic carbocycles. The molecule has 1 aromatic heterocycles. The van der Waals surface area contributed by atoms with Gasteiger partial charge in [0.25, 0.3) is 5.56 Å². The Morgan fingerprint density at radius 1 is 1.14 bits per heavy atom. The topological polar surface area (TPSA) is 143 Å². The van der Waals surface area contributed by atoms with E-state index in [1.165, 1.54) is 0 Å². The van der Waals surface area contributed by atoms with Crippen LogP contribution in [0.4, 0.5) is 0 Å². The van der Waals surface area contributed by atoms with Crippen LogP contribution in [0.2, 0.25) is 0 Å². The third-order valence-electron chi connectivity index (χ3n) is 12.0. The molecule has 9 unspecified atom stereocenters. The third kappa shape index (κ3) is 8.40. The number of carbonyl (C=O) groups excluding carboxylic acids is 2. The highest BCUT2D eigenvalue weighted by atomic mass is 35.5. The number of nitrogens with zero attached hydrogens (tertiary/aromatic N) is 4. The minimum atomic E-state index is -3.64. The Kier molecular flexibility index (Phi) is 12.0. The second kappa shape index (κ2) is 15.7. The number of amides is 2. The minimum absolute atomic E-state index is 0.00948. The van der Waals surface area contributed by atoms with Gasteiger partial charge in [0.2, 0.25) is 21.8 Å². The summed E-state index contributed by atoms with van der Waals surface area (Å²) in [4.78, 5) is 49.3. The highest BCUT2D eigenvalue weighted by molar-refractivity contribution is 8.00. The number of sulfonamides is 1. The zero-order chi connectivity index (χ0) is 35.9. The van der Waals surface area contributed by atoms with Gasteiger partial charge < -0.3 is 19.9 Å². The van der Waals surface area contributed by atoms with Crippen molar-refractivity contribution in [2.24, 2.45) is 23.7 Å². The van der Waals surface area contributed by atoms with E-state index in [0.29, 0.717) is 37.6 Å². The molecule has 2 amide bonds. The van der Waals surface area contributed by atoms with Gasteiger partial charge in [0.1, 0.15) is 5.82 Å². The van der Waals surface area contributed by atoms with Crippen molar-refractivity contribution in [2.75, 3.05) is 45.8 Å². The van der Waals surface area contributed by atoms with E-state index in [0.717, 1.165) is 75.5 Å². The van der Waals surface area contributed by atoms with Crippen molar-refractivity contribution >= 4 is 45.2 Å². The number of aromatic nitrogens is 2. The van der Waals surface area contributed by atoms with Gasteiger partial charge in [0, 0.05) is 59.5 Å². The predicted molar refractivity (Wildman–Crippen MR) is 196 cm³/mol. The van der Waals surface area contributed by atoms with Crippen molar-refractivity contribution in [2.45, 2.75) is 113 Å². The number of piperidine rings is 2. The Labute approximate surface area is 306 Å². The van der Waals surface area contributed by atoms with E-state index in [1.807, 2.05) is 18.9 Å². The Morgan fingerprint density at radius 3 is 2.60 bits per heavy atom. The summed E-state index contributed by atoms with van der Waals surface area (Å²) in [6.07, 6.45) is 8.18. The van der Waals surface area contributed by atoms with Crippen LogP contribution < -0.4 is 15.6 Å². The van der Waals surface area contributed by atoms with Crippen molar-refractivity contribution in [3.8, 4) is 0 Å². The van der Waals surface area contributed by atoms with Gasteiger partial charge in [-0.15, -0.1) is 11.6 Å². The van der Waals surface area contributed by atoms with Gasteiger partial charge in [-0.1, -0.05) is 0 Å². The molecule has 4 fully saturated rings. The summed E-state index contributed by atoms with van der Waals surface area (Å²) in [5.41, 5.74) is 1.55. The van der Waals surface area contributed by atoms with Gasteiger partial charge in [-0.3, -0.25) is 23.7 Å². The van der Waals surface area contributed by atoms with Gasteiger partial charge in [-0.25, -0.2) is 13.4 Å². The van der Waals surface area contributed by atoms with Crippen molar-refractivity contribution < 1.29 is 22.7 Å². The van der Waals surface area contributed by atoms with E-state index < -0.39 is 21.8 Å². The zero-order valence-electron chi connectivity index (χ0n) is 30.1. The highest BCUT2D eigenvalue weighted by Crippen LogP contribution is 2.48. The van der Waals surface area contributed by atoms with Crippen molar-refractivity contribution in [1.29, 1.82) is 0 Å². The van der Waals surface area contributed by atoms with Crippen molar-refractivity contribution in [3.63, 3.8) is 0 Å². The number of likely N-dealkylation sites (tertiary alicyclic amines) is 1. The number of aryl methyl sites for hydroxylation is 2. The zero-order valence-corrected chi connectivity index (χ0v) is 32.5. The van der Waals surface area contributed by atoms with Crippen molar-refractivity contribution in [3.05, 3.63) is 27.4 Å². The second-order valence-corrected chi connectivity index (χ2v) is 19.2. The Balaban J connectivity index is 1.11. The first-order valence-corrected chi connectivity index (χ1v) is 21.8. The van der Waals surface area contributed by atoms with Crippen LogP contribution in [0, 0.1) is 30.6 Å². The molecule has 2 N–H and O–H groups in total. The van der Waals surface area contributed by atoms with E-state index in [4.69, 9.17) is 21.3 Å². The van der Waals surface area contributed by atoms with E-state index >= 15 is 0 Å². The normalized spacial score (nSPS) is 33.8. The van der Waals surface area contributed by atoms with Crippen LogP contribution in [0.5, 0.6) is 0 Å². The quantitative estimate of drug-likeness (QED) is 0.361. The van der Waals surface area contributed by atoms with Crippen LogP contribution in [0.1, 0.15) is 69.0 Å². The maximum absolute atomic E-state index is 13.9. The fourth-order valence-electron chi connectivity index (χ4n) is 9.31. The first-order chi connectivity index (χ1) is 23.7. The molecule has 12 nitrogen and oxygen atoms in total. The van der Waals surface area contributed by atoms with E-state index in [1.54, 1.807) is 16.3 Å². The number of rotatable bonds is 9. The van der Waals surface area contributed by atoms with Crippen LogP contribution in [0.15, 0.2) is 4.79 Å². The average Bonchev–Trinajstić information content (AvgIpc) is 3.49. The largest absolute Gasteiger partial charge is 0.376 e. The maximum Gasteiger partial charge on any atom is 0.257 e. The number of thioether (sulfide) groups is 1. The summed E-state index contributed by atoms with van der Waals surface area (Å²) in [5.74, 6) is 1.05. The molecule has 0 bridgehead atoms. The molecule has 0 spiro atoms. The number of nitrogens with one attached hydrogen (secondary N) is 2.